The minimum absolute atomic E-state index is 0.0259. The monoisotopic (exact) mass is 268 g/mol. The van der Waals surface area contributed by atoms with Gasteiger partial charge in [0.1, 0.15) is 11.6 Å². The molecule has 0 rings (SSSR count). The summed E-state index contributed by atoms with van der Waals surface area (Å²) in [6.07, 6.45) is 13.0. The van der Waals surface area contributed by atoms with Crippen LogP contribution in [0.25, 0.3) is 0 Å². The minimum Gasteiger partial charge on any atom is -0.300 e. The SMILES string of the molecule is CCCCCCCCCCCC(CC(C)=O)C(C)=O. The Kier molecular flexibility index (Phi) is 11.9. The van der Waals surface area contributed by atoms with Crippen molar-refractivity contribution >= 4 is 11.6 Å². The van der Waals surface area contributed by atoms with Crippen molar-refractivity contribution in [3.63, 3.8) is 0 Å². The van der Waals surface area contributed by atoms with E-state index >= 15 is 0 Å². The van der Waals surface area contributed by atoms with Crippen molar-refractivity contribution in [3.05, 3.63) is 0 Å². The van der Waals surface area contributed by atoms with Crippen LogP contribution < -0.4 is 0 Å². The summed E-state index contributed by atoms with van der Waals surface area (Å²) in [5, 5.41) is 0. The second-order valence-electron chi connectivity index (χ2n) is 5.83. The van der Waals surface area contributed by atoms with Crippen LogP contribution >= 0.6 is 0 Å². The molecule has 0 aliphatic heterocycles. The lowest BCUT2D eigenvalue weighted by Gasteiger charge is -2.11. The first-order valence-corrected chi connectivity index (χ1v) is 8.07. The molecule has 0 amide bonds. The van der Waals surface area contributed by atoms with Gasteiger partial charge in [0.15, 0.2) is 0 Å². The number of ketones is 2. The molecule has 2 heteroatoms. The minimum atomic E-state index is -0.0259. The quantitative estimate of drug-likeness (QED) is 0.436. The zero-order valence-corrected chi connectivity index (χ0v) is 13.2. The fourth-order valence-corrected chi connectivity index (χ4v) is 2.50. The average Bonchev–Trinajstić information content (AvgIpc) is 2.34. The molecular formula is C17H32O2. The summed E-state index contributed by atoms with van der Waals surface area (Å²) in [5.41, 5.74) is 0. The van der Waals surface area contributed by atoms with E-state index in [1.54, 1.807) is 13.8 Å². The maximum absolute atomic E-state index is 11.4. The second kappa shape index (κ2) is 12.4. The maximum Gasteiger partial charge on any atom is 0.133 e. The molecule has 112 valence electrons. The van der Waals surface area contributed by atoms with Crippen molar-refractivity contribution in [3.8, 4) is 0 Å². The van der Waals surface area contributed by atoms with Gasteiger partial charge < -0.3 is 4.79 Å². The zero-order valence-electron chi connectivity index (χ0n) is 13.2. The number of hydrogen-bond donors (Lipinski definition) is 0. The highest BCUT2D eigenvalue weighted by molar-refractivity contribution is 5.85. The second-order valence-corrected chi connectivity index (χ2v) is 5.83. The number of hydrogen-bond acceptors (Lipinski definition) is 2. The van der Waals surface area contributed by atoms with Crippen molar-refractivity contribution in [1.29, 1.82) is 0 Å². The number of carbonyl (C=O) groups excluding carboxylic acids is 2. The standard InChI is InChI=1S/C17H32O2/c1-4-5-6-7-8-9-10-11-12-13-17(16(3)19)14-15(2)18/h17H,4-14H2,1-3H3. The predicted molar refractivity (Wildman–Crippen MR) is 81.3 cm³/mol. The molecule has 0 fully saturated rings. The molecule has 0 aromatic heterocycles. The highest BCUT2D eigenvalue weighted by Crippen LogP contribution is 2.17. The summed E-state index contributed by atoms with van der Waals surface area (Å²) in [5.74, 6) is 0.285. The van der Waals surface area contributed by atoms with Crippen LogP contribution in [0.3, 0.4) is 0 Å². The van der Waals surface area contributed by atoms with Gasteiger partial charge in [-0.05, 0) is 20.3 Å². The molecule has 0 aromatic carbocycles. The first-order valence-electron chi connectivity index (χ1n) is 8.07. The van der Waals surface area contributed by atoms with Gasteiger partial charge in [0.2, 0.25) is 0 Å². The van der Waals surface area contributed by atoms with E-state index in [2.05, 4.69) is 6.92 Å². The fraction of sp³-hybridized carbons (Fsp3) is 0.882. The first-order chi connectivity index (χ1) is 9.07. The van der Waals surface area contributed by atoms with Crippen molar-refractivity contribution in [2.75, 3.05) is 0 Å². The molecule has 1 unspecified atom stereocenters. The van der Waals surface area contributed by atoms with Crippen LogP contribution in [0.4, 0.5) is 0 Å². The van der Waals surface area contributed by atoms with Crippen molar-refractivity contribution in [1.82, 2.24) is 0 Å². The Hall–Kier alpha value is -0.660. The third kappa shape index (κ3) is 12.1. The molecule has 0 aliphatic rings. The van der Waals surface area contributed by atoms with Gasteiger partial charge in [-0.15, -0.1) is 0 Å². The highest BCUT2D eigenvalue weighted by atomic mass is 16.1. The Bertz CT molecular complexity index is 246. The van der Waals surface area contributed by atoms with Gasteiger partial charge in [0, 0.05) is 12.3 Å². The third-order valence-corrected chi connectivity index (χ3v) is 3.76. The maximum atomic E-state index is 11.4. The Morgan fingerprint density at radius 2 is 1.26 bits per heavy atom. The average molecular weight is 268 g/mol. The van der Waals surface area contributed by atoms with Gasteiger partial charge >= 0.3 is 0 Å². The molecule has 0 bridgehead atoms. The van der Waals surface area contributed by atoms with Crippen molar-refractivity contribution in [2.45, 2.75) is 91.4 Å². The van der Waals surface area contributed by atoms with Gasteiger partial charge in [-0.1, -0.05) is 64.7 Å². The van der Waals surface area contributed by atoms with Crippen LogP contribution in [0.2, 0.25) is 0 Å². The molecule has 0 aliphatic carbocycles. The van der Waals surface area contributed by atoms with Crippen LogP contribution in [0.15, 0.2) is 0 Å². The van der Waals surface area contributed by atoms with E-state index in [0.717, 1.165) is 12.8 Å². The lowest BCUT2D eigenvalue weighted by molar-refractivity contribution is -0.126. The molecule has 0 saturated heterocycles. The van der Waals surface area contributed by atoms with E-state index in [0.29, 0.717) is 6.42 Å². The molecule has 0 aromatic rings. The van der Waals surface area contributed by atoms with E-state index in [1.165, 1.54) is 51.4 Å². The first kappa shape index (κ1) is 18.3. The van der Waals surface area contributed by atoms with Crippen LogP contribution in [0.5, 0.6) is 0 Å². The number of Topliss-reactive ketones (excluding diaryl/α,β-unsaturated/α-hetero) is 2. The molecule has 0 saturated carbocycles. The molecular weight excluding hydrogens is 236 g/mol. The fourth-order valence-electron chi connectivity index (χ4n) is 2.50. The zero-order chi connectivity index (χ0) is 14.5. The van der Waals surface area contributed by atoms with Crippen LogP contribution in [0, 0.1) is 5.92 Å². The molecule has 0 N–H and O–H groups in total. The Balaban J connectivity index is 3.45. The topological polar surface area (TPSA) is 34.1 Å². The van der Waals surface area contributed by atoms with E-state index in [1.807, 2.05) is 0 Å². The third-order valence-electron chi connectivity index (χ3n) is 3.76. The van der Waals surface area contributed by atoms with Crippen molar-refractivity contribution < 1.29 is 9.59 Å². The smallest absolute Gasteiger partial charge is 0.133 e. The number of rotatable bonds is 13. The summed E-state index contributed by atoms with van der Waals surface area (Å²) >= 11 is 0. The summed E-state index contributed by atoms with van der Waals surface area (Å²) in [4.78, 5) is 22.5. The lowest BCUT2D eigenvalue weighted by Crippen LogP contribution is -2.14. The summed E-state index contributed by atoms with van der Waals surface area (Å²) in [7, 11) is 0. The van der Waals surface area contributed by atoms with Crippen LogP contribution in [-0.4, -0.2) is 11.6 Å². The molecule has 1 atom stereocenters. The van der Waals surface area contributed by atoms with E-state index in [-0.39, 0.29) is 17.5 Å². The van der Waals surface area contributed by atoms with Gasteiger partial charge in [0.25, 0.3) is 0 Å². The summed E-state index contributed by atoms with van der Waals surface area (Å²) in [6, 6.07) is 0. The van der Waals surface area contributed by atoms with Gasteiger partial charge in [-0.3, -0.25) is 4.79 Å². The lowest BCUT2D eigenvalue weighted by atomic mass is 9.92. The number of carbonyl (C=O) groups is 2. The molecule has 2 nitrogen and oxygen atoms in total. The Labute approximate surface area is 119 Å². The van der Waals surface area contributed by atoms with Crippen molar-refractivity contribution in [2.24, 2.45) is 5.92 Å². The van der Waals surface area contributed by atoms with E-state index in [9.17, 15) is 9.59 Å². The summed E-state index contributed by atoms with van der Waals surface area (Å²) < 4.78 is 0. The van der Waals surface area contributed by atoms with Gasteiger partial charge in [-0.2, -0.15) is 0 Å². The molecule has 0 radical (unpaired) electrons. The van der Waals surface area contributed by atoms with Crippen LogP contribution in [0.1, 0.15) is 91.4 Å². The number of unbranched alkanes of at least 4 members (excludes halogenated alkanes) is 8. The van der Waals surface area contributed by atoms with Gasteiger partial charge in [-0.25, -0.2) is 0 Å². The predicted octanol–water partition coefficient (Wildman–Crippen LogP) is 5.09. The normalized spacial score (nSPS) is 12.4. The summed E-state index contributed by atoms with van der Waals surface area (Å²) in [6.45, 7) is 5.43. The largest absolute Gasteiger partial charge is 0.300 e. The van der Waals surface area contributed by atoms with Crippen LogP contribution in [-0.2, 0) is 9.59 Å². The highest BCUT2D eigenvalue weighted by Gasteiger charge is 2.15. The van der Waals surface area contributed by atoms with E-state index in [4.69, 9.17) is 0 Å². The van der Waals surface area contributed by atoms with E-state index < -0.39 is 0 Å². The Morgan fingerprint density at radius 1 is 0.789 bits per heavy atom. The van der Waals surface area contributed by atoms with Gasteiger partial charge in [0.05, 0.1) is 0 Å². The Morgan fingerprint density at radius 3 is 1.68 bits per heavy atom. The molecule has 0 spiro atoms. The molecule has 19 heavy (non-hydrogen) atoms. The molecule has 0 heterocycles.